The van der Waals surface area contributed by atoms with Gasteiger partial charge in [-0.1, -0.05) is 26.0 Å². The topological polar surface area (TPSA) is 111 Å². The average molecular weight is 531 g/mol. The third-order valence-corrected chi connectivity index (χ3v) is 11.2. The van der Waals surface area contributed by atoms with Gasteiger partial charge in [-0.3, -0.25) is 14.5 Å². The van der Waals surface area contributed by atoms with Crippen molar-refractivity contribution in [3.8, 4) is 5.75 Å². The van der Waals surface area contributed by atoms with Crippen molar-refractivity contribution in [2.24, 2.45) is 35.5 Å². The first-order valence-corrected chi connectivity index (χ1v) is 14.1. The normalized spacial score (nSPS) is 33.7. The molecule has 1 aromatic carbocycles. The molecule has 6 rings (SSSR count). The fraction of sp³-hybridized carbons (Fsp3) is 0.520. The van der Waals surface area contributed by atoms with Crippen molar-refractivity contribution >= 4 is 53.1 Å². The van der Waals surface area contributed by atoms with E-state index in [4.69, 9.17) is 12.2 Å². The summed E-state index contributed by atoms with van der Waals surface area (Å²) >= 11 is 8.75. The van der Waals surface area contributed by atoms with Crippen LogP contribution in [0.5, 0.6) is 5.75 Å². The van der Waals surface area contributed by atoms with E-state index >= 15 is 0 Å². The number of benzene rings is 1. The molecule has 1 aromatic heterocycles. The summed E-state index contributed by atoms with van der Waals surface area (Å²) < 4.78 is 0.704. The van der Waals surface area contributed by atoms with Crippen molar-refractivity contribution in [3.63, 3.8) is 0 Å². The molecule has 0 spiro atoms. The van der Waals surface area contributed by atoms with Gasteiger partial charge in [0.1, 0.15) is 11.8 Å². The lowest BCUT2D eigenvalue weighted by atomic mass is 9.68. The number of carbonyl (C=O) groups is 3. The van der Waals surface area contributed by atoms with Gasteiger partial charge >= 0.3 is 5.97 Å². The van der Waals surface area contributed by atoms with E-state index in [1.54, 1.807) is 35.2 Å². The molecule has 184 valence electrons. The maximum absolute atomic E-state index is 13.7. The number of nitrogens with zero attached hydrogens (tertiary/aromatic N) is 1. The number of fused-ring (bicyclic) bond motifs is 9. The Morgan fingerprint density at radius 2 is 1.83 bits per heavy atom. The fourth-order valence-electron chi connectivity index (χ4n) is 7.17. The van der Waals surface area contributed by atoms with E-state index in [0.717, 1.165) is 26.8 Å². The second-order valence-corrected chi connectivity index (χ2v) is 13.5. The van der Waals surface area contributed by atoms with E-state index in [1.807, 2.05) is 26.0 Å². The minimum absolute atomic E-state index is 0.0000642. The van der Waals surface area contributed by atoms with Crippen LogP contribution in [0.2, 0.25) is 0 Å². The van der Waals surface area contributed by atoms with Crippen LogP contribution in [-0.2, 0) is 14.4 Å². The summed E-state index contributed by atoms with van der Waals surface area (Å²) in [6.45, 7) is 3.81. The van der Waals surface area contributed by atoms with Crippen LogP contribution in [0.3, 0.4) is 0 Å². The lowest BCUT2D eigenvalue weighted by molar-refractivity contribution is -0.156. The number of hydrogen-bond acceptors (Lipinski definition) is 7. The Morgan fingerprint density at radius 1 is 1.17 bits per heavy atom. The highest BCUT2D eigenvalue weighted by molar-refractivity contribution is 8.00. The first-order valence-electron chi connectivity index (χ1n) is 12.0. The van der Waals surface area contributed by atoms with Crippen molar-refractivity contribution < 1.29 is 24.6 Å². The number of thiazole rings is 1. The number of aromatic amines is 1. The molecule has 1 saturated heterocycles. The smallest absolute Gasteiger partial charge is 0.326 e. The minimum Gasteiger partial charge on any atom is -0.508 e. The van der Waals surface area contributed by atoms with Crippen LogP contribution in [0.1, 0.15) is 43.0 Å². The Bertz CT molecular complexity index is 1280. The van der Waals surface area contributed by atoms with Crippen molar-refractivity contribution in [2.45, 2.75) is 48.9 Å². The number of carboxylic acids is 1. The zero-order valence-electron chi connectivity index (χ0n) is 19.2. The van der Waals surface area contributed by atoms with Gasteiger partial charge in [-0.25, -0.2) is 4.79 Å². The minimum atomic E-state index is -1.11. The highest BCUT2D eigenvalue weighted by Crippen LogP contribution is 2.69. The molecule has 2 aromatic rings. The molecule has 2 saturated carbocycles. The van der Waals surface area contributed by atoms with Gasteiger partial charge in [-0.15, -0.1) is 23.1 Å². The van der Waals surface area contributed by atoms with Crippen LogP contribution in [0.25, 0.3) is 0 Å². The summed E-state index contributed by atoms with van der Waals surface area (Å²) in [5.74, 6) is -2.22. The van der Waals surface area contributed by atoms with E-state index < -0.39 is 23.8 Å². The SMILES string of the molecule is CC(C)CC(C(=O)O)N1C(=O)C2C3CC(C2C1=O)C1C(c2ccc(O)cc2)c2sc(=S)[nH]c2SC31. The van der Waals surface area contributed by atoms with E-state index in [-0.39, 0.29) is 58.8 Å². The van der Waals surface area contributed by atoms with Gasteiger partial charge in [-0.2, -0.15) is 0 Å². The number of nitrogens with one attached hydrogen (secondary N) is 1. The Hall–Kier alpha value is -2.17. The van der Waals surface area contributed by atoms with E-state index in [1.165, 1.54) is 0 Å². The molecule has 2 amide bonds. The molecule has 3 heterocycles. The Kier molecular flexibility index (Phi) is 5.43. The summed E-state index contributed by atoms with van der Waals surface area (Å²) in [6, 6.07) is 6.12. The first-order chi connectivity index (χ1) is 16.7. The molecule has 35 heavy (non-hydrogen) atoms. The molecule has 2 bridgehead atoms. The van der Waals surface area contributed by atoms with Gasteiger partial charge in [0, 0.05) is 16.0 Å². The van der Waals surface area contributed by atoms with Crippen molar-refractivity contribution in [2.75, 3.05) is 0 Å². The first kappa shape index (κ1) is 23.2. The lowest BCUT2D eigenvalue weighted by Gasteiger charge is -2.43. The van der Waals surface area contributed by atoms with Crippen LogP contribution in [0, 0.1) is 39.5 Å². The van der Waals surface area contributed by atoms with Crippen LogP contribution in [0.15, 0.2) is 29.3 Å². The second-order valence-electron chi connectivity index (χ2n) is 10.6. The third kappa shape index (κ3) is 3.36. The summed E-state index contributed by atoms with van der Waals surface area (Å²) in [5, 5.41) is 20.9. The van der Waals surface area contributed by atoms with Crippen LogP contribution < -0.4 is 0 Å². The molecule has 2 aliphatic carbocycles. The number of carboxylic acid groups (broad SMARTS) is 1. The fourth-order valence-corrected chi connectivity index (χ4v) is 10.5. The summed E-state index contributed by atoms with van der Waals surface area (Å²) in [6.07, 6.45) is 1.06. The second kappa shape index (κ2) is 8.18. The summed E-state index contributed by atoms with van der Waals surface area (Å²) in [4.78, 5) is 45.0. The number of phenols is 1. The zero-order valence-corrected chi connectivity index (χ0v) is 21.7. The van der Waals surface area contributed by atoms with Gasteiger partial charge in [0.05, 0.1) is 16.9 Å². The number of hydrogen-bond donors (Lipinski definition) is 3. The molecule has 0 radical (unpaired) electrons. The largest absolute Gasteiger partial charge is 0.508 e. The third-order valence-electron chi connectivity index (χ3n) is 8.30. The van der Waals surface area contributed by atoms with Crippen molar-refractivity contribution in [3.05, 3.63) is 38.7 Å². The van der Waals surface area contributed by atoms with Crippen LogP contribution in [-0.4, -0.2) is 49.2 Å². The molecule has 3 N–H and O–H groups in total. The summed E-state index contributed by atoms with van der Waals surface area (Å²) in [7, 11) is 0. The van der Waals surface area contributed by atoms with Gasteiger partial charge in [0.2, 0.25) is 11.8 Å². The van der Waals surface area contributed by atoms with Gasteiger partial charge < -0.3 is 15.2 Å². The number of aliphatic carboxylic acids is 1. The predicted molar refractivity (Wildman–Crippen MR) is 134 cm³/mol. The molecule has 2 aliphatic heterocycles. The van der Waals surface area contributed by atoms with Gasteiger partial charge in [0.25, 0.3) is 0 Å². The highest BCUT2D eigenvalue weighted by Gasteiger charge is 2.70. The lowest BCUT2D eigenvalue weighted by Crippen LogP contribution is -2.47. The number of likely N-dealkylation sites (tertiary alicyclic amines) is 1. The zero-order chi connectivity index (χ0) is 24.8. The monoisotopic (exact) mass is 530 g/mol. The number of thioether (sulfide) groups is 1. The van der Waals surface area contributed by atoms with Gasteiger partial charge in [0.15, 0.2) is 3.95 Å². The predicted octanol–water partition coefficient (Wildman–Crippen LogP) is 4.48. The number of imide groups is 1. The number of rotatable bonds is 5. The van der Waals surface area contributed by atoms with Crippen LogP contribution in [0.4, 0.5) is 0 Å². The number of aromatic nitrogens is 1. The quantitative estimate of drug-likeness (QED) is 0.386. The van der Waals surface area contributed by atoms with Crippen LogP contribution >= 0.6 is 35.3 Å². The molecule has 7 nitrogen and oxygen atoms in total. The Balaban J connectivity index is 1.42. The van der Waals surface area contributed by atoms with E-state index in [0.29, 0.717) is 3.95 Å². The maximum Gasteiger partial charge on any atom is 0.326 e. The molecule has 8 atom stereocenters. The highest BCUT2D eigenvalue weighted by atomic mass is 32.2. The molecular formula is C25H26N2O5S3. The number of phenolic OH excluding ortho intramolecular Hbond substituents is 1. The molecular weight excluding hydrogens is 504 g/mol. The molecule has 3 fully saturated rings. The number of carbonyl (C=O) groups excluding carboxylic acids is 2. The molecule has 4 aliphatic rings. The molecule has 10 heteroatoms. The number of amides is 2. The number of H-pyrrole nitrogens is 1. The molecule has 8 unspecified atom stereocenters. The van der Waals surface area contributed by atoms with Crippen molar-refractivity contribution in [1.82, 2.24) is 9.88 Å². The average Bonchev–Trinajstić information content (AvgIpc) is 3.52. The van der Waals surface area contributed by atoms with E-state index in [2.05, 4.69) is 4.98 Å². The Morgan fingerprint density at radius 3 is 2.46 bits per heavy atom. The standard InChI is InChI=1S/C25H26N2O5S3/c1-9(2)7-14(24(31)32)27-22(29)17-12-8-13(18(17)23(27)30)19-16(12)15(10-3-5-11(28)6-4-10)20-21(34-19)26-25(33)35-20/h3-6,9,12-19,28H,7-8H2,1-2H3,(H,26,33)(H,31,32). The Labute approximate surface area is 215 Å². The summed E-state index contributed by atoms with van der Waals surface area (Å²) in [5.41, 5.74) is 1.06. The van der Waals surface area contributed by atoms with Gasteiger partial charge in [-0.05, 0) is 66.4 Å². The van der Waals surface area contributed by atoms with Crippen molar-refractivity contribution in [1.29, 1.82) is 0 Å². The van der Waals surface area contributed by atoms with E-state index in [9.17, 15) is 24.6 Å². The number of aromatic hydroxyl groups is 1. The maximum atomic E-state index is 13.7.